The fourth-order valence-corrected chi connectivity index (χ4v) is 6.25. The third-order valence-electron chi connectivity index (χ3n) is 8.32. The molecule has 0 aliphatic heterocycles. The molecule has 5 rings (SSSR count). The van der Waals surface area contributed by atoms with E-state index in [1.54, 1.807) is 16.8 Å². The van der Waals surface area contributed by atoms with Gasteiger partial charge < -0.3 is 15.7 Å². The quantitative estimate of drug-likeness (QED) is 0.271. The normalized spacial score (nSPS) is 22.0. The Labute approximate surface area is 245 Å². The highest BCUT2D eigenvalue weighted by Gasteiger charge is 2.57. The van der Waals surface area contributed by atoms with E-state index in [2.05, 4.69) is 10.6 Å². The maximum absolute atomic E-state index is 14.2. The van der Waals surface area contributed by atoms with Gasteiger partial charge in [-0.3, -0.25) is 14.4 Å². The molecule has 4 aromatic rings. The van der Waals surface area contributed by atoms with E-state index in [9.17, 15) is 19.5 Å². The predicted molar refractivity (Wildman–Crippen MR) is 163 cm³/mol. The van der Waals surface area contributed by atoms with Crippen molar-refractivity contribution in [3.63, 3.8) is 0 Å². The van der Waals surface area contributed by atoms with Crippen LogP contribution >= 0.6 is 0 Å². The average molecular weight is 565 g/mol. The minimum absolute atomic E-state index is 0.341. The number of Topliss-reactive ketones (excluding diaryl/α,β-unsaturated/α-hetero) is 1. The SMILES string of the molecule is Cc1ccccc1NC(=O)[C@@H]1C(=O)C[C@](C)(O)[C@@H](C(=O)Nc2ccccc2C)[C@@H]1c1c(C)nn(-c2ccccc2)c1C. The number of hydrogen-bond acceptors (Lipinski definition) is 5. The molecule has 0 spiro atoms. The topological polar surface area (TPSA) is 113 Å². The lowest BCUT2D eigenvalue weighted by Crippen LogP contribution is -2.56. The van der Waals surface area contributed by atoms with Crippen LogP contribution in [0.5, 0.6) is 0 Å². The van der Waals surface area contributed by atoms with Gasteiger partial charge in [-0.15, -0.1) is 0 Å². The molecule has 0 bridgehead atoms. The fourth-order valence-electron chi connectivity index (χ4n) is 6.25. The summed E-state index contributed by atoms with van der Waals surface area (Å²) in [6.07, 6.45) is -0.341. The number of carbonyl (C=O) groups is 3. The Balaban J connectivity index is 1.67. The molecule has 0 unspecified atom stereocenters. The minimum Gasteiger partial charge on any atom is -0.389 e. The van der Waals surface area contributed by atoms with Crippen molar-refractivity contribution < 1.29 is 19.5 Å². The summed E-state index contributed by atoms with van der Waals surface area (Å²) < 4.78 is 1.76. The largest absolute Gasteiger partial charge is 0.389 e. The van der Waals surface area contributed by atoms with Crippen LogP contribution in [0, 0.1) is 39.5 Å². The number of carbonyl (C=O) groups excluding carboxylic acids is 3. The zero-order valence-corrected chi connectivity index (χ0v) is 24.5. The van der Waals surface area contributed by atoms with Crippen molar-refractivity contribution in [2.24, 2.45) is 11.8 Å². The lowest BCUT2D eigenvalue weighted by molar-refractivity contribution is -0.150. The molecule has 4 atom stereocenters. The van der Waals surface area contributed by atoms with Crippen LogP contribution in [-0.4, -0.2) is 38.1 Å². The molecule has 3 N–H and O–H groups in total. The Morgan fingerprint density at radius 3 is 1.93 bits per heavy atom. The maximum Gasteiger partial charge on any atom is 0.235 e. The Hall–Kier alpha value is -4.56. The van der Waals surface area contributed by atoms with Gasteiger partial charge in [-0.25, -0.2) is 4.68 Å². The average Bonchev–Trinajstić information content (AvgIpc) is 3.23. The molecule has 0 radical (unpaired) electrons. The number of rotatable bonds is 6. The third kappa shape index (κ3) is 5.37. The van der Waals surface area contributed by atoms with Crippen LogP contribution in [0.3, 0.4) is 0 Å². The first-order valence-corrected chi connectivity index (χ1v) is 14.1. The number of para-hydroxylation sites is 3. The van der Waals surface area contributed by atoms with E-state index in [0.717, 1.165) is 16.8 Å². The Morgan fingerprint density at radius 1 is 0.833 bits per heavy atom. The van der Waals surface area contributed by atoms with E-state index in [-0.39, 0.29) is 6.42 Å². The highest BCUT2D eigenvalue weighted by Crippen LogP contribution is 2.48. The molecule has 1 aliphatic carbocycles. The molecule has 8 heteroatoms. The van der Waals surface area contributed by atoms with Gasteiger partial charge in [0.2, 0.25) is 11.8 Å². The first kappa shape index (κ1) is 29.0. The van der Waals surface area contributed by atoms with Gasteiger partial charge in [-0.1, -0.05) is 54.6 Å². The molecule has 3 aromatic carbocycles. The third-order valence-corrected chi connectivity index (χ3v) is 8.32. The van der Waals surface area contributed by atoms with Crippen LogP contribution in [-0.2, 0) is 14.4 Å². The maximum atomic E-state index is 14.2. The first-order chi connectivity index (χ1) is 20.0. The van der Waals surface area contributed by atoms with Gasteiger partial charge in [0.15, 0.2) is 0 Å². The molecular weight excluding hydrogens is 528 g/mol. The van der Waals surface area contributed by atoms with Crippen LogP contribution in [0.1, 0.15) is 47.3 Å². The number of benzene rings is 3. The van der Waals surface area contributed by atoms with Crippen LogP contribution < -0.4 is 10.6 Å². The zero-order chi connectivity index (χ0) is 30.2. The Kier molecular flexibility index (Phi) is 7.84. The van der Waals surface area contributed by atoms with Crippen molar-refractivity contribution in [1.82, 2.24) is 9.78 Å². The molecular formula is C34H36N4O4. The molecule has 216 valence electrons. The summed E-state index contributed by atoms with van der Waals surface area (Å²) in [6, 6.07) is 24.2. The number of aryl methyl sites for hydroxylation is 3. The standard InChI is InChI=1S/C34H36N4O4/c1-20-13-9-11-17-25(20)35-32(40)29-27(39)19-34(5,42)31(33(41)36-26-18-12-10-14-21(26)2)30(29)28-22(3)37-38(23(28)4)24-15-7-6-8-16-24/h6-18,29-31,42H,19H2,1-5H3,(H,35,40)(H,36,41)/t29-,30-,31-,34+/m1/s1. The number of ketones is 1. The van der Waals surface area contributed by atoms with Gasteiger partial charge in [-0.05, 0) is 70.0 Å². The number of aliphatic hydroxyl groups is 1. The molecule has 2 amide bonds. The number of nitrogens with zero attached hydrogens (tertiary/aromatic N) is 2. The number of hydrogen-bond donors (Lipinski definition) is 3. The van der Waals surface area contributed by atoms with Crippen molar-refractivity contribution in [3.05, 3.63) is 107 Å². The number of amides is 2. The molecule has 0 saturated heterocycles. The summed E-state index contributed by atoms with van der Waals surface area (Å²) in [6.45, 7) is 8.93. The van der Waals surface area contributed by atoms with Crippen LogP contribution in [0.25, 0.3) is 5.69 Å². The van der Waals surface area contributed by atoms with Gasteiger partial charge in [0.05, 0.1) is 22.9 Å². The van der Waals surface area contributed by atoms with E-state index >= 15 is 0 Å². The lowest BCUT2D eigenvalue weighted by atomic mass is 9.60. The summed E-state index contributed by atoms with van der Waals surface area (Å²) in [5, 5.41) is 22.4. The van der Waals surface area contributed by atoms with Crippen molar-refractivity contribution in [1.29, 1.82) is 0 Å². The zero-order valence-electron chi connectivity index (χ0n) is 24.5. The van der Waals surface area contributed by atoms with E-state index in [0.29, 0.717) is 28.3 Å². The van der Waals surface area contributed by atoms with E-state index < -0.39 is 41.0 Å². The minimum atomic E-state index is -1.72. The summed E-state index contributed by atoms with van der Waals surface area (Å²) in [5.74, 6) is -4.76. The van der Waals surface area contributed by atoms with Gasteiger partial charge in [0, 0.05) is 35.0 Å². The summed E-state index contributed by atoms with van der Waals surface area (Å²) >= 11 is 0. The highest BCUT2D eigenvalue weighted by molar-refractivity contribution is 6.10. The smallest absolute Gasteiger partial charge is 0.235 e. The summed E-state index contributed by atoms with van der Waals surface area (Å²) in [5.41, 5.74) is 3.83. The fraction of sp³-hybridized carbons (Fsp3) is 0.294. The van der Waals surface area contributed by atoms with E-state index in [4.69, 9.17) is 5.10 Å². The van der Waals surface area contributed by atoms with Gasteiger partial charge in [0.25, 0.3) is 0 Å². The van der Waals surface area contributed by atoms with Crippen molar-refractivity contribution >= 4 is 29.0 Å². The van der Waals surface area contributed by atoms with Gasteiger partial charge in [-0.2, -0.15) is 5.10 Å². The Bertz CT molecular complexity index is 1660. The second-order valence-electron chi connectivity index (χ2n) is 11.4. The number of aromatic nitrogens is 2. The molecule has 1 heterocycles. The molecule has 42 heavy (non-hydrogen) atoms. The molecule has 1 aromatic heterocycles. The van der Waals surface area contributed by atoms with Gasteiger partial charge >= 0.3 is 0 Å². The van der Waals surface area contributed by atoms with Gasteiger partial charge in [0.1, 0.15) is 11.7 Å². The van der Waals surface area contributed by atoms with Crippen LogP contribution in [0.4, 0.5) is 11.4 Å². The van der Waals surface area contributed by atoms with E-state index in [1.807, 2.05) is 94.4 Å². The predicted octanol–water partition coefficient (Wildman–Crippen LogP) is 5.42. The highest BCUT2D eigenvalue weighted by atomic mass is 16.3. The molecule has 1 fully saturated rings. The lowest BCUT2D eigenvalue weighted by Gasteiger charge is -2.44. The monoisotopic (exact) mass is 564 g/mol. The van der Waals surface area contributed by atoms with Crippen molar-refractivity contribution in [2.45, 2.75) is 52.6 Å². The van der Waals surface area contributed by atoms with Crippen molar-refractivity contribution in [3.8, 4) is 5.69 Å². The van der Waals surface area contributed by atoms with Crippen LogP contribution in [0.2, 0.25) is 0 Å². The Morgan fingerprint density at radius 2 is 1.36 bits per heavy atom. The summed E-state index contributed by atoms with van der Waals surface area (Å²) in [7, 11) is 0. The first-order valence-electron chi connectivity index (χ1n) is 14.1. The molecule has 1 saturated carbocycles. The van der Waals surface area contributed by atoms with E-state index in [1.165, 1.54) is 6.92 Å². The second-order valence-corrected chi connectivity index (χ2v) is 11.4. The second kappa shape index (κ2) is 11.4. The van der Waals surface area contributed by atoms with Crippen LogP contribution in [0.15, 0.2) is 78.9 Å². The van der Waals surface area contributed by atoms with Crippen molar-refractivity contribution in [2.75, 3.05) is 10.6 Å². The molecule has 8 nitrogen and oxygen atoms in total. The summed E-state index contributed by atoms with van der Waals surface area (Å²) in [4.78, 5) is 42.0. The molecule has 1 aliphatic rings. The number of nitrogens with one attached hydrogen (secondary N) is 2. The number of anilines is 2.